The molecule has 30 heavy (non-hydrogen) atoms. The molecule has 2 aromatic heterocycles. The van der Waals surface area contributed by atoms with Gasteiger partial charge in [0.2, 0.25) is 5.91 Å². The van der Waals surface area contributed by atoms with Crippen molar-refractivity contribution in [1.29, 1.82) is 0 Å². The Morgan fingerprint density at radius 1 is 1.13 bits per heavy atom. The SMILES string of the molecule is CCOc1ccc2c(c1)n(C[C@H]1CC[C@H](C(=O)Nc3ccncc3)CC1)c(=O)n2C. The minimum Gasteiger partial charge on any atom is -0.494 e. The number of aryl methyl sites for hydroxylation is 1. The smallest absolute Gasteiger partial charge is 0.328 e. The molecule has 0 aliphatic heterocycles. The molecule has 2 heterocycles. The van der Waals surface area contributed by atoms with Gasteiger partial charge >= 0.3 is 5.69 Å². The van der Waals surface area contributed by atoms with Crippen molar-refractivity contribution in [1.82, 2.24) is 14.1 Å². The number of nitrogens with zero attached hydrogens (tertiary/aromatic N) is 3. The number of nitrogens with one attached hydrogen (secondary N) is 1. The van der Waals surface area contributed by atoms with Gasteiger partial charge in [0.05, 0.1) is 17.6 Å². The molecule has 0 spiro atoms. The molecular weight excluding hydrogens is 380 g/mol. The second-order valence-corrected chi connectivity index (χ2v) is 7.98. The van der Waals surface area contributed by atoms with Crippen molar-refractivity contribution in [2.75, 3.05) is 11.9 Å². The Morgan fingerprint density at radius 3 is 2.57 bits per heavy atom. The average molecular weight is 409 g/mol. The lowest BCUT2D eigenvalue weighted by Gasteiger charge is -2.28. The molecule has 7 nitrogen and oxygen atoms in total. The van der Waals surface area contributed by atoms with Crippen LogP contribution >= 0.6 is 0 Å². The fourth-order valence-corrected chi connectivity index (χ4v) is 4.37. The maximum Gasteiger partial charge on any atom is 0.328 e. The van der Waals surface area contributed by atoms with E-state index < -0.39 is 0 Å². The predicted octanol–water partition coefficient (Wildman–Crippen LogP) is 3.58. The van der Waals surface area contributed by atoms with Gasteiger partial charge < -0.3 is 10.1 Å². The summed E-state index contributed by atoms with van der Waals surface area (Å²) in [4.78, 5) is 29.4. The standard InChI is InChI=1S/C23H28N4O3/c1-3-30-19-8-9-20-21(14-19)27(23(29)26(20)2)15-16-4-6-17(7-5-16)22(28)25-18-10-12-24-13-11-18/h8-14,16-17H,3-7,15H2,1-2H3,(H,24,25,28)/t16-,17-. The lowest BCUT2D eigenvalue weighted by molar-refractivity contribution is -0.121. The van der Waals surface area contributed by atoms with Crippen LogP contribution in [0.3, 0.4) is 0 Å². The van der Waals surface area contributed by atoms with Crippen LogP contribution in [0.4, 0.5) is 5.69 Å². The number of carbonyl (C=O) groups excluding carboxylic acids is 1. The predicted molar refractivity (Wildman–Crippen MR) is 117 cm³/mol. The third-order valence-electron chi connectivity index (χ3n) is 6.03. The highest BCUT2D eigenvalue weighted by Crippen LogP contribution is 2.31. The number of carbonyl (C=O) groups is 1. The molecule has 7 heteroatoms. The number of ether oxygens (including phenoxy) is 1. The van der Waals surface area contributed by atoms with Crippen molar-refractivity contribution >= 4 is 22.6 Å². The van der Waals surface area contributed by atoms with E-state index in [-0.39, 0.29) is 17.5 Å². The Morgan fingerprint density at radius 2 is 1.87 bits per heavy atom. The zero-order chi connectivity index (χ0) is 21.1. The minimum absolute atomic E-state index is 0.00352. The van der Waals surface area contributed by atoms with Crippen molar-refractivity contribution in [3.8, 4) is 5.75 Å². The van der Waals surface area contributed by atoms with Gasteiger partial charge in [0.1, 0.15) is 5.75 Å². The average Bonchev–Trinajstić information content (AvgIpc) is 2.99. The lowest BCUT2D eigenvalue weighted by atomic mass is 9.81. The summed E-state index contributed by atoms with van der Waals surface area (Å²) in [5, 5.41) is 2.98. The van der Waals surface area contributed by atoms with Crippen LogP contribution in [0.2, 0.25) is 0 Å². The normalized spacial score (nSPS) is 19.0. The molecule has 1 aliphatic rings. The molecule has 4 rings (SSSR count). The number of anilines is 1. The Hall–Kier alpha value is -3.09. The highest BCUT2D eigenvalue weighted by Gasteiger charge is 2.27. The van der Waals surface area contributed by atoms with Crippen molar-refractivity contribution in [2.45, 2.75) is 39.2 Å². The van der Waals surface area contributed by atoms with Crippen LogP contribution in [0.25, 0.3) is 11.0 Å². The molecule has 0 radical (unpaired) electrons. The van der Waals surface area contributed by atoms with E-state index in [9.17, 15) is 9.59 Å². The van der Waals surface area contributed by atoms with Gasteiger partial charge in [-0.2, -0.15) is 0 Å². The Bertz CT molecular complexity index is 1080. The topological polar surface area (TPSA) is 78.2 Å². The number of pyridine rings is 1. The number of benzene rings is 1. The zero-order valence-corrected chi connectivity index (χ0v) is 17.5. The molecule has 1 N–H and O–H groups in total. The van der Waals surface area contributed by atoms with Crippen molar-refractivity contribution < 1.29 is 9.53 Å². The fraction of sp³-hybridized carbons (Fsp3) is 0.435. The van der Waals surface area contributed by atoms with E-state index in [0.717, 1.165) is 48.2 Å². The van der Waals surface area contributed by atoms with E-state index in [1.54, 1.807) is 29.1 Å². The van der Waals surface area contributed by atoms with E-state index in [1.807, 2.05) is 36.7 Å². The van der Waals surface area contributed by atoms with Crippen LogP contribution in [0, 0.1) is 11.8 Å². The van der Waals surface area contributed by atoms with E-state index in [4.69, 9.17) is 4.74 Å². The number of fused-ring (bicyclic) bond motifs is 1. The number of rotatable bonds is 6. The molecule has 0 saturated heterocycles. The molecule has 1 saturated carbocycles. The lowest BCUT2D eigenvalue weighted by Crippen LogP contribution is -2.30. The van der Waals surface area contributed by atoms with Crippen LogP contribution in [0.5, 0.6) is 5.75 Å². The van der Waals surface area contributed by atoms with E-state index >= 15 is 0 Å². The van der Waals surface area contributed by atoms with Gasteiger partial charge in [0.25, 0.3) is 0 Å². The van der Waals surface area contributed by atoms with Crippen molar-refractivity contribution in [2.24, 2.45) is 18.9 Å². The summed E-state index contributed by atoms with van der Waals surface area (Å²) >= 11 is 0. The van der Waals surface area contributed by atoms with Gasteiger partial charge in [-0.25, -0.2) is 4.79 Å². The van der Waals surface area contributed by atoms with Crippen molar-refractivity contribution in [3.05, 3.63) is 53.2 Å². The second kappa shape index (κ2) is 8.73. The number of hydrogen-bond acceptors (Lipinski definition) is 4. The largest absolute Gasteiger partial charge is 0.494 e. The van der Waals surface area contributed by atoms with Gasteiger partial charge in [-0.3, -0.25) is 18.9 Å². The van der Waals surface area contributed by atoms with Gasteiger partial charge in [0.15, 0.2) is 0 Å². The summed E-state index contributed by atoms with van der Waals surface area (Å²) in [6.45, 7) is 3.21. The Labute approximate surface area is 175 Å². The first-order valence-corrected chi connectivity index (χ1v) is 10.6. The quantitative estimate of drug-likeness (QED) is 0.676. The van der Waals surface area contributed by atoms with Gasteiger partial charge in [-0.05, 0) is 62.8 Å². The number of amides is 1. The summed E-state index contributed by atoms with van der Waals surface area (Å²) < 4.78 is 9.18. The summed E-state index contributed by atoms with van der Waals surface area (Å²) in [6.07, 6.45) is 6.89. The monoisotopic (exact) mass is 408 g/mol. The van der Waals surface area contributed by atoms with E-state index in [1.165, 1.54) is 0 Å². The first-order chi connectivity index (χ1) is 14.6. The molecule has 158 valence electrons. The van der Waals surface area contributed by atoms with Gasteiger partial charge in [-0.1, -0.05) is 0 Å². The van der Waals surface area contributed by atoms with Crippen LogP contribution in [-0.4, -0.2) is 26.6 Å². The molecule has 0 bridgehead atoms. The van der Waals surface area contributed by atoms with Crippen molar-refractivity contribution in [3.63, 3.8) is 0 Å². The first-order valence-electron chi connectivity index (χ1n) is 10.6. The fourth-order valence-electron chi connectivity index (χ4n) is 4.37. The van der Waals surface area contributed by atoms with Crippen LogP contribution in [0.1, 0.15) is 32.6 Å². The van der Waals surface area contributed by atoms with Gasteiger partial charge in [-0.15, -0.1) is 0 Å². The molecule has 1 aromatic carbocycles. The third kappa shape index (κ3) is 4.10. The molecule has 0 unspecified atom stereocenters. The maximum absolute atomic E-state index is 12.8. The molecule has 1 aliphatic carbocycles. The highest BCUT2D eigenvalue weighted by molar-refractivity contribution is 5.92. The van der Waals surface area contributed by atoms with E-state index in [2.05, 4.69) is 10.3 Å². The summed E-state index contributed by atoms with van der Waals surface area (Å²) in [5.74, 6) is 1.25. The maximum atomic E-state index is 12.8. The number of hydrogen-bond donors (Lipinski definition) is 1. The van der Waals surface area contributed by atoms with Crippen LogP contribution < -0.4 is 15.7 Å². The molecule has 3 aromatic rings. The summed E-state index contributed by atoms with van der Waals surface area (Å²) in [7, 11) is 1.81. The van der Waals surface area contributed by atoms with Gasteiger partial charge in [0, 0.05) is 43.7 Å². The Kier molecular flexibility index (Phi) is 5.88. The summed E-state index contributed by atoms with van der Waals surface area (Å²) in [6, 6.07) is 9.40. The number of imidazole rings is 1. The molecule has 1 fully saturated rings. The van der Waals surface area contributed by atoms with Crippen LogP contribution in [0.15, 0.2) is 47.5 Å². The first kappa shape index (κ1) is 20.2. The Balaban J connectivity index is 1.43. The third-order valence-corrected chi connectivity index (χ3v) is 6.03. The second-order valence-electron chi connectivity index (χ2n) is 7.98. The highest BCUT2D eigenvalue weighted by atomic mass is 16.5. The molecular formula is C23H28N4O3. The minimum atomic E-state index is -0.00352. The zero-order valence-electron chi connectivity index (χ0n) is 17.5. The molecule has 1 amide bonds. The molecule has 0 atom stereocenters. The number of aromatic nitrogens is 3. The van der Waals surface area contributed by atoms with Crippen LogP contribution in [-0.2, 0) is 18.4 Å². The van der Waals surface area contributed by atoms with E-state index in [0.29, 0.717) is 19.1 Å². The summed E-state index contributed by atoms with van der Waals surface area (Å²) in [5.41, 5.74) is 2.60.